The highest BCUT2D eigenvalue weighted by Crippen LogP contribution is 2.21. The molecule has 3 N–H and O–H groups in total. The lowest BCUT2D eigenvalue weighted by Gasteiger charge is -2.09. The lowest BCUT2D eigenvalue weighted by atomic mass is 10.1. The fourth-order valence-corrected chi connectivity index (χ4v) is 1.79. The van der Waals surface area contributed by atoms with Crippen LogP contribution in [-0.2, 0) is 6.42 Å². The Morgan fingerprint density at radius 1 is 1.11 bits per heavy atom. The lowest BCUT2D eigenvalue weighted by molar-refractivity contribution is 1.06. The van der Waals surface area contributed by atoms with Crippen molar-refractivity contribution in [3.63, 3.8) is 0 Å². The van der Waals surface area contributed by atoms with Gasteiger partial charge in [0.05, 0.1) is 0 Å². The summed E-state index contributed by atoms with van der Waals surface area (Å²) in [5.41, 5.74) is 6.84. The number of aromatic nitrogens is 2. The van der Waals surface area contributed by atoms with Gasteiger partial charge < -0.3 is 5.43 Å². The van der Waals surface area contributed by atoms with E-state index >= 15 is 0 Å². The van der Waals surface area contributed by atoms with Gasteiger partial charge in [0, 0.05) is 16.8 Å². The first kappa shape index (κ1) is 12.5. The maximum Gasteiger partial charge on any atom is 0.161 e. The molecular formula is C14H18N4. The molecule has 94 valence electrons. The molecule has 0 spiro atoms. The molecule has 0 saturated heterocycles. The Balaban J connectivity index is 2.46. The third-order valence-corrected chi connectivity index (χ3v) is 3.15. The number of rotatable bonds is 3. The predicted octanol–water partition coefficient (Wildman–Crippen LogP) is 2.61. The van der Waals surface area contributed by atoms with Crippen LogP contribution in [0, 0.1) is 13.8 Å². The largest absolute Gasteiger partial charge is 0.308 e. The van der Waals surface area contributed by atoms with Gasteiger partial charge in [0.2, 0.25) is 0 Å². The molecule has 2 aromatic rings. The lowest BCUT2D eigenvalue weighted by Crippen LogP contribution is -2.12. The SMILES string of the molecule is CCc1ccc(-c2nc(C)c(C)c(NN)n2)cc1. The average Bonchev–Trinajstić information content (AvgIpc) is 2.42. The highest BCUT2D eigenvalue weighted by molar-refractivity contribution is 5.59. The summed E-state index contributed by atoms with van der Waals surface area (Å²) < 4.78 is 0. The van der Waals surface area contributed by atoms with E-state index in [-0.39, 0.29) is 0 Å². The first-order valence-electron chi connectivity index (χ1n) is 6.07. The molecule has 0 saturated carbocycles. The molecule has 0 atom stereocenters. The van der Waals surface area contributed by atoms with Crippen LogP contribution >= 0.6 is 0 Å². The van der Waals surface area contributed by atoms with Crippen molar-refractivity contribution in [3.05, 3.63) is 41.1 Å². The molecule has 0 aliphatic carbocycles. The van der Waals surface area contributed by atoms with Gasteiger partial charge in [-0.25, -0.2) is 15.8 Å². The van der Waals surface area contributed by atoms with Gasteiger partial charge >= 0.3 is 0 Å². The Morgan fingerprint density at radius 2 is 1.78 bits per heavy atom. The molecule has 0 aliphatic heterocycles. The normalized spacial score (nSPS) is 10.4. The number of nitrogens with one attached hydrogen (secondary N) is 1. The topological polar surface area (TPSA) is 63.8 Å². The van der Waals surface area contributed by atoms with Crippen molar-refractivity contribution in [1.29, 1.82) is 0 Å². The van der Waals surface area contributed by atoms with Gasteiger partial charge in [0.15, 0.2) is 5.82 Å². The number of hydrazine groups is 1. The van der Waals surface area contributed by atoms with E-state index in [1.54, 1.807) is 0 Å². The van der Waals surface area contributed by atoms with Crippen LogP contribution in [0.25, 0.3) is 11.4 Å². The summed E-state index contributed by atoms with van der Waals surface area (Å²) in [4.78, 5) is 8.93. The summed E-state index contributed by atoms with van der Waals surface area (Å²) in [5, 5.41) is 0. The Labute approximate surface area is 107 Å². The number of nitrogens with two attached hydrogens (primary N) is 1. The van der Waals surface area contributed by atoms with Crippen LogP contribution in [0.4, 0.5) is 5.82 Å². The summed E-state index contributed by atoms with van der Waals surface area (Å²) in [5.74, 6) is 6.85. The van der Waals surface area contributed by atoms with Crippen molar-refractivity contribution in [2.45, 2.75) is 27.2 Å². The quantitative estimate of drug-likeness (QED) is 0.641. The second-order valence-electron chi connectivity index (χ2n) is 4.30. The van der Waals surface area contributed by atoms with E-state index in [0.29, 0.717) is 11.6 Å². The van der Waals surface area contributed by atoms with E-state index < -0.39 is 0 Å². The molecule has 18 heavy (non-hydrogen) atoms. The van der Waals surface area contributed by atoms with Crippen LogP contribution in [0.1, 0.15) is 23.7 Å². The highest BCUT2D eigenvalue weighted by atomic mass is 15.3. The van der Waals surface area contributed by atoms with Crippen LogP contribution in [-0.4, -0.2) is 9.97 Å². The molecule has 1 heterocycles. The van der Waals surface area contributed by atoms with Crippen LogP contribution in [0.3, 0.4) is 0 Å². The minimum absolute atomic E-state index is 0.678. The summed E-state index contributed by atoms with van der Waals surface area (Å²) in [6, 6.07) is 8.29. The molecule has 0 fully saturated rings. The fraction of sp³-hybridized carbons (Fsp3) is 0.286. The zero-order chi connectivity index (χ0) is 13.1. The minimum Gasteiger partial charge on any atom is -0.308 e. The highest BCUT2D eigenvalue weighted by Gasteiger charge is 2.08. The predicted molar refractivity (Wildman–Crippen MR) is 74.1 cm³/mol. The molecule has 0 radical (unpaired) electrons. The van der Waals surface area contributed by atoms with E-state index in [2.05, 4.69) is 34.5 Å². The Bertz CT molecular complexity index is 546. The molecule has 0 amide bonds. The molecule has 0 aliphatic rings. The molecule has 1 aromatic carbocycles. The molecule has 0 unspecified atom stereocenters. The standard InChI is InChI=1S/C14H18N4/c1-4-11-5-7-12(8-6-11)14-16-10(3)9(2)13(17-14)18-15/h5-8H,4,15H2,1-3H3,(H,16,17,18). The number of hydrogen-bond donors (Lipinski definition) is 2. The second kappa shape index (κ2) is 5.14. The molecule has 4 heteroatoms. The van der Waals surface area contributed by atoms with E-state index in [1.807, 2.05) is 26.0 Å². The number of aryl methyl sites for hydroxylation is 2. The Kier molecular flexibility index (Phi) is 3.58. The smallest absolute Gasteiger partial charge is 0.161 e. The maximum atomic E-state index is 5.47. The summed E-state index contributed by atoms with van der Waals surface area (Å²) in [6.45, 7) is 6.05. The van der Waals surface area contributed by atoms with E-state index in [9.17, 15) is 0 Å². The molecule has 0 bridgehead atoms. The zero-order valence-corrected chi connectivity index (χ0v) is 11.0. The van der Waals surface area contributed by atoms with Crippen molar-refractivity contribution in [2.24, 2.45) is 5.84 Å². The third kappa shape index (κ3) is 2.33. The van der Waals surface area contributed by atoms with Gasteiger partial charge in [0.25, 0.3) is 0 Å². The monoisotopic (exact) mass is 242 g/mol. The number of nitrogens with zero attached hydrogens (tertiary/aromatic N) is 2. The first-order chi connectivity index (χ1) is 8.65. The molecule has 2 rings (SSSR count). The van der Waals surface area contributed by atoms with Crippen LogP contribution < -0.4 is 11.3 Å². The Morgan fingerprint density at radius 3 is 2.33 bits per heavy atom. The summed E-state index contributed by atoms with van der Waals surface area (Å²) >= 11 is 0. The maximum absolute atomic E-state index is 5.47. The fourth-order valence-electron chi connectivity index (χ4n) is 1.79. The van der Waals surface area contributed by atoms with Gasteiger partial charge in [-0.05, 0) is 25.8 Å². The first-order valence-corrected chi connectivity index (χ1v) is 6.07. The van der Waals surface area contributed by atoms with Crippen molar-refractivity contribution >= 4 is 5.82 Å². The van der Waals surface area contributed by atoms with Crippen molar-refractivity contribution < 1.29 is 0 Å². The molecular weight excluding hydrogens is 224 g/mol. The third-order valence-electron chi connectivity index (χ3n) is 3.15. The van der Waals surface area contributed by atoms with E-state index in [1.165, 1.54) is 5.56 Å². The number of hydrogen-bond acceptors (Lipinski definition) is 4. The van der Waals surface area contributed by atoms with Crippen molar-refractivity contribution in [3.8, 4) is 11.4 Å². The summed E-state index contributed by atoms with van der Waals surface area (Å²) in [6.07, 6.45) is 1.03. The van der Waals surface area contributed by atoms with Gasteiger partial charge in [0.1, 0.15) is 5.82 Å². The van der Waals surface area contributed by atoms with Gasteiger partial charge in [-0.2, -0.15) is 0 Å². The van der Waals surface area contributed by atoms with Crippen LogP contribution in [0.15, 0.2) is 24.3 Å². The van der Waals surface area contributed by atoms with Gasteiger partial charge in [-0.3, -0.25) is 0 Å². The van der Waals surface area contributed by atoms with E-state index in [0.717, 1.165) is 23.2 Å². The Hall–Kier alpha value is -1.94. The van der Waals surface area contributed by atoms with Crippen molar-refractivity contribution in [2.75, 3.05) is 5.43 Å². The molecule has 4 nitrogen and oxygen atoms in total. The van der Waals surface area contributed by atoms with Gasteiger partial charge in [-0.15, -0.1) is 0 Å². The van der Waals surface area contributed by atoms with Gasteiger partial charge in [-0.1, -0.05) is 31.2 Å². The summed E-state index contributed by atoms with van der Waals surface area (Å²) in [7, 11) is 0. The van der Waals surface area contributed by atoms with Crippen molar-refractivity contribution in [1.82, 2.24) is 9.97 Å². The number of anilines is 1. The number of nitrogen functional groups attached to an aromatic ring is 1. The molecule has 1 aromatic heterocycles. The van der Waals surface area contributed by atoms with Crippen LogP contribution in [0.5, 0.6) is 0 Å². The number of benzene rings is 1. The zero-order valence-electron chi connectivity index (χ0n) is 11.0. The second-order valence-corrected chi connectivity index (χ2v) is 4.30. The van der Waals surface area contributed by atoms with Crippen LogP contribution in [0.2, 0.25) is 0 Å². The minimum atomic E-state index is 0.678. The van der Waals surface area contributed by atoms with E-state index in [4.69, 9.17) is 5.84 Å². The average molecular weight is 242 g/mol.